The Morgan fingerprint density at radius 1 is 1.47 bits per heavy atom. The fraction of sp³-hybridized carbons (Fsp3) is 0.533. The molecule has 0 radical (unpaired) electrons. The van der Waals surface area contributed by atoms with Gasteiger partial charge in [0.05, 0.1) is 12.2 Å². The molecule has 2 rings (SSSR count). The number of piperidine rings is 1. The van der Waals surface area contributed by atoms with Crippen LogP contribution >= 0.6 is 0 Å². The van der Waals surface area contributed by atoms with E-state index >= 15 is 0 Å². The standard InChI is InChI=1S/C15H21FN2O/c1-11-6-7-14(13(16)9-11)17-10-15(19)18-8-4-3-5-12(18)2/h6-7,9,12,17H,3-5,8,10H2,1-2H3. The molecule has 1 N–H and O–H groups in total. The lowest BCUT2D eigenvalue weighted by Crippen LogP contribution is -2.44. The van der Waals surface area contributed by atoms with Crippen LogP contribution < -0.4 is 5.32 Å². The Balaban J connectivity index is 1.92. The molecule has 1 heterocycles. The molecule has 1 aliphatic heterocycles. The number of hydrogen-bond donors (Lipinski definition) is 1. The molecule has 0 aliphatic carbocycles. The highest BCUT2D eigenvalue weighted by atomic mass is 19.1. The van der Waals surface area contributed by atoms with Crippen molar-refractivity contribution in [1.29, 1.82) is 0 Å². The zero-order valence-corrected chi connectivity index (χ0v) is 11.6. The van der Waals surface area contributed by atoms with Crippen molar-refractivity contribution in [3.8, 4) is 0 Å². The summed E-state index contributed by atoms with van der Waals surface area (Å²) in [4.78, 5) is 14.0. The van der Waals surface area contributed by atoms with Gasteiger partial charge in [-0.05, 0) is 50.8 Å². The monoisotopic (exact) mass is 264 g/mol. The molecule has 1 aromatic rings. The Morgan fingerprint density at radius 3 is 2.95 bits per heavy atom. The van der Waals surface area contributed by atoms with Gasteiger partial charge in [-0.15, -0.1) is 0 Å². The molecule has 1 amide bonds. The first kappa shape index (κ1) is 13.8. The zero-order chi connectivity index (χ0) is 13.8. The van der Waals surface area contributed by atoms with E-state index in [9.17, 15) is 9.18 Å². The van der Waals surface area contributed by atoms with E-state index in [0.717, 1.165) is 24.9 Å². The lowest BCUT2D eigenvalue weighted by molar-refractivity contribution is -0.132. The molecule has 1 aliphatic rings. The Bertz CT molecular complexity index is 461. The number of carbonyl (C=O) groups excluding carboxylic acids is 1. The highest BCUT2D eigenvalue weighted by Crippen LogP contribution is 2.18. The lowest BCUT2D eigenvalue weighted by atomic mass is 10.0. The van der Waals surface area contributed by atoms with Gasteiger partial charge in [0.1, 0.15) is 5.82 Å². The maximum absolute atomic E-state index is 13.6. The van der Waals surface area contributed by atoms with E-state index in [2.05, 4.69) is 12.2 Å². The van der Waals surface area contributed by atoms with Crippen molar-refractivity contribution < 1.29 is 9.18 Å². The van der Waals surface area contributed by atoms with E-state index in [1.54, 1.807) is 6.07 Å². The summed E-state index contributed by atoms with van der Waals surface area (Å²) >= 11 is 0. The molecule has 104 valence electrons. The van der Waals surface area contributed by atoms with Crippen molar-refractivity contribution in [2.75, 3.05) is 18.4 Å². The maximum atomic E-state index is 13.6. The van der Waals surface area contributed by atoms with Crippen LogP contribution in [0.1, 0.15) is 31.7 Å². The zero-order valence-electron chi connectivity index (χ0n) is 11.6. The van der Waals surface area contributed by atoms with Crippen LogP contribution in [0.3, 0.4) is 0 Å². The molecule has 0 aromatic heterocycles. The smallest absolute Gasteiger partial charge is 0.242 e. The molecule has 0 saturated carbocycles. The fourth-order valence-electron chi connectivity index (χ4n) is 2.50. The van der Waals surface area contributed by atoms with Crippen LogP contribution in [-0.4, -0.2) is 29.9 Å². The summed E-state index contributed by atoms with van der Waals surface area (Å²) in [7, 11) is 0. The van der Waals surface area contributed by atoms with Crippen LogP contribution in [0.5, 0.6) is 0 Å². The molecular weight excluding hydrogens is 243 g/mol. The van der Waals surface area contributed by atoms with Crippen LogP contribution in [0, 0.1) is 12.7 Å². The summed E-state index contributed by atoms with van der Waals surface area (Å²) in [6.07, 6.45) is 3.31. The Morgan fingerprint density at radius 2 is 2.26 bits per heavy atom. The van der Waals surface area contributed by atoms with Gasteiger partial charge in [-0.1, -0.05) is 6.07 Å². The quantitative estimate of drug-likeness (QED) is 0.910. The van der Waals surface area contributed by atoms with Gasteiger partial charge in [-0.3, -0.25) is 4.79 Å². The predicted molar refractivity (Wildman–Crippen MR) is 74.7 cm³/mol. The summed E-state index contributed by atoms with van der Waals surface area (Å²) in [5.74, 6) is -0.258. The fourth-order valence-corrected chi connectivity index (χ4v) is 2.50. The van der Waals surface area contributed by atoms with Gasteiger partial charge < -0.3 is 10.2 Å². The Hall–Kier alpha value is -1.58. The maximum Gasteiger partial charge on any atom is 0.242 e. The van der Waals surface area contributed by atoms with Crippen LogP contribution in [-0.2, 0) is 4.79 Å². The molecule has 1 saturated heterocycles. The molecule has 1 atom stereocenters. The van der Waals surface area contributed by atoms with Crippen LogP contribution in [0.2, 0.25) is 0 Å². The van der Waals surface area contributed by atoms with Crippen molar-refractivity contribution in [3.05, 3.63) is 29.6 Å². The van der Waals surface area contributed by atoms with E-state index in [1.807, 2.05) is 17.9 Å². The Kier molecular flexibility index (Phi) is 4.40. The van der Waals surface area contributed by atoms with Crippen LogP contribution in [0.4, 0.5) is 10.1 Å². The minimum atomic E-state index is -0.306. The largest absolute Gasteiger partial charge is 0.374 e. The number of halogens is 1. The topological polar surface area (TPSA) is 32.3 Å². The molecule has 19 heavy (non-hydrogen) atoms. The van der Waals surface area contributed by atoms with Crippen molar-refractivity contribution in [1.82, 2.24) is 4.90 Å². The van der Waals surface area contributed by atoms with E-state index in [0.29, 0.717) is 11.7 Å². The number of anilines is 1. The van der Waals surface area contributed by atoms with E-state index < -0.39 is 0 Å². The first-order valence-electron chi connectivity index (χ1n) is 6.87. The second-order valence-corrected chi connectivity index (χ2v) is 5.27. The number of nitrogens with one attached hydrogen (secondary N) is 1. The number of aryl methyl sites for hydroxylation is 1. The molecule has 4 heteroatoms. The van der Waals surface area contributed by atoms with E-state index in [-0.39, 0.29) is 18.3 Å². The number of benzene rings is 1. The number of rotatable bonds is 3. The second kappa shape index (κ2) is 6.04. The van der Waals surface area contributed by atoms with Gasteiger partial charge in [0.2, 0.25) is 5.91 Å². The third-order valence-corrected chi connectivity index (χ3v) is 3.68. The number of likely N-dealkylation sites (tertiary alicyclic amines) is 1. The normalized spacial score (nSPS) is 19.3. The average molecular weight is 264 g/mol. The van der Waals surface area contributed by atoms with Crippen LogP contribution in [0.25, 0.3) is 0 Å². The Labute approximate surface area is 113 Å². The van der Waals surface area contributed by atoms with Crippen molar-refractivity contribution in [3.63, 3.8) is 0 Å². The summed E-state index contributed by atoms with van der Waals surface area (Å²) < 4.78 is 13.6. The SMILES string of the molecule is Cc1ccc(NCC(=O)N2CCCCC2C)c(F)c1. The van der Waals surface area contributed by atoms with Gasteiger partial charge >= 0.3 is 0 Å². The second-order valence-electron chi connectivity index (χ2n) is 5.27. The highest BCUT2D eigenvalue weighted by molar-refractivity contribution is 5.81. The molecule has 0 spiro atoms. The first-order valence-corrected chi connectivity index (χ1v) is 6.87. The third kappa shape index (κ3) is 3.46. The third-order valence-electron chi connectivity index (χ3n) is 3.68. The van der Waals surface area contributed by atoms with Crippen molar-refractivity contribution >= 4 is 11.6 Å². The molecule has 3 nitrogen and oxygen atoms in total. The number of carbonyl (C=O) groups is 1. The first-order chi connectivity index (χ1) is 9.08. The van der Waals surface area contributed by atoms with Gasteiger partial charge in [-0.2, -0.15) is 0 Å². The minimum Gasteiger partial charge on any atom is -0.374 e. The number of hydrogen-bond acceptors (Lipinski definition) is 2. The molecular formula is C15H21FN2O. The van der Waals surface area contributed by atoms with Crippen molar-refractivity contribution in [2.24, 2.45) is 0 Å². The van der Waals surface area contributed by atoms with E-state index in [1.165, 1.54) is 12.5 Å². The number of nitrogens with zero attached hydrogens (tertiary/aromatic N) is 1. The average Bonchev–Trinajstić information content (AvgIpc) is 2.38. The van der Waals surface area contributed by atoms with Crippen molar-refractivity contribution in [2.45, 2.75) is 39.2 Å². The minimum absolute atomic E-state index is 0.0483. The summed E-state index contributed by atoms with van der Waals surface area (Å²) in [6, 6.07) is 5.28. The van der Waals surface area contributed by atoms with Crippen LogP contribution in [0.15, 0.2) is 18.2 Å². The summed E-state index contributed by atoms with van der Waals surface area (Å²) in [5.41, 5.74) is 1.27. The number of amides is 1. The highest BCUT2D eigenvalue weighted by Gasteiger charge is 2.22. The summed E-state index contributed by atoms with van der Waals surface area (Å²) in [6.45, 7) is 4.89. The lowest BCUT2D eigenvalue weighted by Gasteiger charge is -2.33. The molecule has 1 unspecified atom stereocenters. The molecule has 1 aromatic carbocycles. The van der Waals surface area contributed by atoms with Gasteiger partial charge in [0, 0.05) is 12.6 Å². The van der Waals surface area contributed by atoms with E-state index in [4.69, 9.17) is 0 Å². The van der Waals surface area contributed by atoms with Gasteiger partial charge in [-0.25, -0.2) is 4.39 Å². The van der Waals surface area contributed by atoms with Gasteiger partial charge in [0.15, 0.2) is 0 Å². The van der Waals surface area contributed by atoms with Gasteiger partial charge in [0.25, 0.3) is 0 Å². The molecule has 1 fully saturated rings. The predicted octanol–water partition coefficient (Wildman–Crippen LogP) is 2.95. The molecule has 0 bridgehead atoms. The summed E-state index contributed by atoms with van der Waals surface area (Å²) in [5, 5.41) is 2.89.